The zero-order valence-electron chi connectivity index (χ0n) is 11.7. The summed E-state index contributed by atoms with van der Waals surface area (Å²) in [4.78, 5) is 20.2. The third kappa shape index (κ3) is 3.10. The lowest BCUT2D eigenvalue weighted by molar-refractivity contribution is 0.0888. The van der Waals surface area contributed by atoms with Crippen LogP contribution in [-0.2, 0) is 0 Å². The minimum absolute atomic E-state index is 0.291. The van der Waals surface area contributed by atoms with Crippen LogP contribution in [0.2, 0.25) is 0 Å². The van der Waals surface area contributed by atoms with Crippen molar-refractivity contribution in [1.29, 1.82) is 0 Å². The van der Waals surface area contributed by atoms with Gasteiger partial charge in [-0.3, -0.25) is 4.79 Å². The number of nitrogens with zero attached hydrogens (tertiary/aromatic N) is 2. The fourth-order valence-corrected chi connectivity index (χ4v) is 2.29. The van der Waals surface area contributed by atoms with Crippen LogP contribution in [0, 0.1) is 5.82 Å². The van der Waals surface area contributed by atoms with E-state index in [1.165, 1.54) is 24.5 Å². The second-order valence-corrected chi connectivity index (χ2v) is 5.11. The molecule has 6 nitrogen and oxygen atoms in total. The Bertz CT molecular complexity index is 677. The Morgan fingerprint density at radius 2 is 2.09 bits per heavy atom. The number of hydrogen-bond donors (Lipinski definition) is 3. The molecule has 22 heavy (non-hydrogen) atoms. The molecule has 3 N–H and O–H groups in total. The Labute approximate surface area is 126 Å². The topological polar surface area (TPSA) is 87.1 Å². The van der Waals surface area contributed by atoms with E-state index in [0.29, 0.717) is 30.0 Å². The maximum absolute atomic E-state index is 13.2. The Hall–Kier alpha value is -2.38. The molecule has 1 unspecified atom stereocenters. The van der Waals surface area contributed by atoms with Gasteiger partial charge in [-0.15, -0.1) is 0 Å². The quantitative estimate of drug-likeness (QED) is 0.761. The molecule has 1 amide bonds. The molecule has 0 radical (unpaired) electrons. The van der Waals surface area contributed by atoms with Gasteiger partial charge in [0.25, 0.3) is 5.91 Å². The molecule has 7 heteroatoms. The first-order chi connectivity index (χ1) is 10.6. The minimum atomic E-state index is -0.601. The number of β-amino-alcohol motifs (C(OH)–C–C–N with tert-alkyl or cyclic N) is 1. The van der Waals surface area contributed by atoms with Crippen LogP contribution >= 0.6 is 0 Å². The van der Waals surface area contributed by atoms with Crippen molar-refractivity contribution in [3.05, 3.63) is 48.0 Å². The van der Waals surface area contributed by atoms with E-state index in [-0.39, 0.29) is 17.8 Å². The zero-order valence-corrected chi connectivity index (χ0v) is 11.7. The van der Waals surface area contributed by atoms with Gasteiger partial charge in [0, 0.05) is 31.0 Å². The van der Waals surface area contributed by atoms with Crippen LogP contribution in [0.15, 0.2) is 36.7 Å². The number of nitrogens with one attached hydrogen (secondary N) is 2. The molecule has 1 aliphatic heterocycles. The van der Waals surface area contributed by atoms with Crippen molar-refractivity contribution in [3.8, 4) is 11.4 Å². The average Bonchev–Trinajstić information content (AvgIpc) is 2.92. The first kappa shape index (κ1) is 14.6. The van der Waals surface area contributed by atoms with Crippen LogP contribution in [0.4, 0.5) is 4.39 Å². The second kappa shape index (κ2) is 6.17. The standard InChI is InChI=1S/C15H15FN4O2/c16-11-3-1-2-9(4-11)14-18-5-10(6-19-14)15(22)20-12-7-17-8-13(12)21/h1-6,12-13,17,21H,7-8H2,(H,20,22)/t12?,13-/m0/s1. The fraction of sp³-hybridized carbons (Fsp3) is 0.267. The molecule has 1 saturated heterocycles. The van der Waals surface area contributed by atoms with Crippen molar-refractivity contribution < 1.29 is 14.3 Å². The summed E-state index contributed by atoms with van der Waals surface area (Å²) in [5, 5.41) is 15.4. The van der Waals surface area contributed by atoms with Gasteiger partial charge in [-0.25, -0.2) is 14.4 Å². The Morgan fingerprint density at radius 3 is 2.73 bits per heavy atom. The van der Waals surface area contributed by atoms with Crippen molar-refractivity contribution >= 4 is 5.91 Å². The summed E-state index contributed by atoms with van der Waals surface area (Å²) in [6, 6.07) is 5.61. The van der Waals surface area contributed by atoms with Crippen molar-refractivity contribution in [2.24, 2.45) is 0 Å². The highest BCUT2D eigenvalue weighted by molar-refractivity contribution is 5.94. The number of benzene rings is 1. The van der Waals surface area contributed by atoms with E-state index in [1.807, 2.05) is 0 Å². The first-order valence-electron chi connectivity index (χ1n) is 6.91. The molecule has 0 aliphatic carbocycles. The number of aliphatic hydroxyl groups is 1. The largest absolute Gasteiger partial charge is 0.390 e. The molecule has 1 aromatic carbocycles. The van der Waals surface area contributed by atoms with Crippen LogP contribution in [0.5, 0.6) is 0 Å². The highest BCUT2D eigenvalue weighted by Crippen LogP contribution is 2.15. The molecule has 0 saturated carbocycles. The van der Waals surface area contributed by atoms with Crippen molar-refractivity contribution in [2.75, 3.05) is 13.1 Å². The number of amides is 1. The van der Waals surface area contributed by atoms with E-state index in [1.54, 1.807) is 12.1 Å². The predicted molar refractivity (Wildman–Crippen MR) is 77.6 cm³/mol. The Kier molecular flexibility index (Phi) is 4.08. The molecule has 1 aromatic heterocycles. The van der Waals surface area contributed by atoms with E-state index < -0.39 is 6.10 Å². The smallest absolute Gasteiger partial charge is 0.254 e. The number of hydrogen-bond acceptors (Lipinski definition) is 5. The number of aromatic nitrogens is 2. The highest BCUT2D eigenvalue weighted by Gasteiger charge is 2.26. The summed E-state index contributed by atoms with van der Waals surface area (Å²) in [6.45, 7) is 0.981. The molecule has 2 heterocycles. The van der Waals surface area contributed by atoms with E-state index in [4.69, 9.17) is 0 Å². The van der Waals surface area contributed by atoms with Crippen LogP contribution in [0.1, 0.15) is 10.4 Å². The SMILES string of the molecule is O=C(NC1CNC[C@@H]1O)c1cnc(-c2cccc(F)c2)nc1. The summed E-state index contributed by atoms with van der Waals surface area (Å²) in [5.41, 5.74) is 0.835. The molecule has 1 fully saturated rings. The van der Waals surface area contributed by atoms with Gasteiger partial charge in [0.2, 0.25) is 0 Å². The number of carbonyl (C=O) groups is 1. The molecule has 114 valence electrons. The normalized spacial score (nSPS) is 20.8. The fourth-order valence-electron chi connectivity index (χ4n) is 2.29. The maximum Gasteiger partial charge on any atom is 0.254 e. The van der Waals surface area contributed by atoms with E-state index >= 15 is 0 Å². The predicted octanol–water partition coefficient (Wildman–Crippen LogP) is 0.345. The Balaban J connectivity index is 1.72. The highest BCUT2D eigenvalue weighted by atomic mass is 19.1. The summed E-state index contributed by atoms with van der Waals surface area (Å²) >= 11 is 0. The lowest BCUT2D eigenvalue weighted by Gasteiger charge is -2.15. The Morgan fingerprint density at radius 1 is 1.32 bits per heavy atom. The average molecular weight is 302 g/mol. The van der Waals surface area contributed by atoms with Gasteiger partial charge in [-0.1, -0.05) is 12.1 Å². The second-order valence-electron chi connectivity index (χ2n) is 5.11. The lowest BCUT2D eigenvalue weighted by atomic mass is 10.2. The third-order valence-electron chi connectivity index (χ3n) is 3.50. The molecule has 0 spiro atoms. The van der Waals surface area contributed by atoms with E-state index in [9.17, 15) is 14.3 Å². The van der Waals surface area contributed by atoms with E-state index in [2.05, 4.69) is 20.6 Å². The number of carbonyl (C=O) groups excluding carboxylic acids is 1. The third-order valence-corrected chi connectivity index (χ3v) is 3.50. The van der Waals surface area contributed by atoms with Gasteiger partial charge in [0.05, 0.1) is 17.7 Å². The summed E-state index contributed by atoms with van der Waals surface area (Å²) in [6.07, 6.45) is 2.17. The van der Waals surface area contributed by atoms with Crippen molar-refractivity contribution in [1.82, 2.24) is 20.6 Å². The number of halogens is 1. The number of aliphatic hydroxyl groups excluding tert-OH is 1. The zero-order chi connectivity index (χ0) is 15.5. The molecule has 3 rings (SSSR count). The molecule has 2 aromatic rings. The summed E-state index contributed by atoms with van der Waals surface area (Å²) < 4.78 is 13.2. The van der Waals surface area contributed by atoms with Crippen molar-refractivity contribution in [2.45, 2.75) is 12.1 Å². The first-order valence-corrected chi connectivity index (χ1v) is 6.91. The molecular formula is C15H15FN4O2. The van der Waals surface area contributed by atoms with Crippen LogP contribution < -0.4 is 10.6 Å². The van der Waals surface area contributed by atoms with Gasteiger partial charge in [-0.2, -0.15) is 0 Å². The summed E-state index contributed by atoms with van der Waals surface area (Å²) in [5.74, 6) is -0.372. The van der Waals surface area contributed by atoms with Gasteiger partial charge in [-0.05, 0) is 12.1 Å². The van der Waals surface area contributed by atoms with E-state index in [0.717, 1.165) is 0 Å². The van der Waals surface area contributed by atoms with Crippen molar-refractivity contribution in [3.63, 3.8) is 0 Å². The van der Waals surface area contributed by atoms with Gasteiger partial charge >= 0.3 is 0 Å². The minimum Gasteiger partial charge on any atom is -0.390 e. The van der Waals surface area contributed by atoms with Gasteiger partial charge in [0.15, 0.2) is 5.82 Å². The van der Waals surface area contributed by atoms with Gasteiger partial charge in [0.1, 0.15) is 5.82 Å². The van der Waals surface area contributed by atoms with Crippen LogP contribution in [-0.4, -0.2) is 46.2 Å². The monoisotopic (exact) mass is 302 g/mol. The lowest BCUT2D eigenvalue weighted by Crippen LogP contribution is -2.42. The van der Waals surface area contributed by atoms with Crippen LogP contribution in [0.3, 0.4) is 0 Å². The van der Waals surface area contributed by atoms with Gasteiger partial charge < -0.3 is 15.7 Å². The molecule has 0 bridgehead atoms. The summed E-state index contributed by atoms with van der Waals surface area (Å²) in [7, 11) is 0. The maximum atomic E-state index is 13.2. The molecule has 1 aliphatic rings. The van der Waals surface area contributed by atoms with Crippen LogP contribution in [0.25, 0.3) is 11.4 Å². The number of rotatable bonds is 3. The molecule has 2 atom stereocenters. The molecular weight excluding hydrogens is 287 g/mol.